The maximum atomic E-state index is 12.8. The van der Waals surface area contributed by atoms with Crippen LogP contribution >= 0.6 is 11.3 Å². The van der Waals surface area contributed by atoms with Gasteiger partial charge < -0.3 is 15.4 Å². The van der Waals surface area contributed by atoms with E-state index in [1.165, 1.54) is 11.3 Å². The Morgan fingerprint density at radius 1 is 1.10 bits per heavy atom. The van der Waals surface area contributed by atoms with Crippen LogP contribution in [0.5, 0.6) is 5.75 Å². The smallest absolute Gasteiger partial charge is 0.266 e. The van der Waals surface area contributed by atoms with Crippen LogP contribution in [0.15, 0.2) is 24.3 Å². The molecule has 2 N–H and O–H groups in total. The number of anilines is 1. The summed E-state index contributed by atoms with van der Waals surface area (Å²) in [6.07, 6.45) is 0.754. The number of thiophene rings is 1. The summed E-state index contributed by atoms with van der Waals surface area (Å²) >= 11 is 1.38. The van der Waals surface area contributed by atoms with Gasteiger partial charge in [0.2, 0.25) is 0 Å². The minimum atomic E-state index is -0.182. The van der Waals surface area contributed by atoms with Crippen molar-refractivity contribution in [2.45, 2.75) is 34.1 Å². The van der Waals surface area contributed by atoms with E-state index in [-0.39, 0.29) is 18.4 Å². The zero-order valence-corrected chi connectivity index (χ0v) is 17.8. The Morgan fingerprint density at radius 3 is 2.48 bits per heavy atom. The fourth-order valence-electron chi connectivity index (χ4n) is 2.99. The zero-order valence-electron chi connectivity index (χ0n) is 17.0. The normalized spacial score (nSPS) is 10.8. The molecule has 0 aliphatic rings. The molecule has 29 heavy (non-hydrogen) atoms. The zero-order chi connectivity index (χ0) is 21.0. The highest BCUT2D eigenvalue weighted by Crippen LogP contribution is 2.32. The molecule has 8 heteroatoms. The third kappa shape index (κ3) is 4.71. The molecule has 0 fully saturated rings. The van der Waals surface area contributed by atoms with Gasteiger partial charge in [-0.25, -0.2) is 9.97 Å². The molecule has 0 saturated carbocycles. The Hall–Kier alpha value is -3.00. The molecule has 3 rings (SSSR count). The monoisotopic (exact) mass is 412 g/mol. The van der Waals surface area contributed by atoms with Crippen molar-refractivity contribution in [3.8, 4) is 5.75 Å². The number of hydrogen-bond donors (Lipinski definition) is 2. The summed E-state index contributed by atoms with van der Waals surface area (Å²) in [4.78, 5) is 34.8. The predicted octanol–water partition coefficient (Wildman–Crippen LogP) is 3.64. The highest BCUT2D eigenvalue weighted by molar-refractivity contribution is 7.20. The van der Waals surface area contributed by atoms with Gasteiger partial charge >= 0.3 is 0 Å². The summed E-state index contributed by atoms with van der Waals surface area (Å²) < 4.78 is 5.42. The molecule has 0 aliphatic heterocycles. The van der Waals surface area contributed by atoms with Gasteiger partial charge in [0.25, 0.3) is 11.8 Å². The van der Waals surface area contributed by atoms with E-state index in [2.05, 4.69) is 20.6 Å². The van der Waals surface area contributed by atoms with Crippen LogP contribution in [0.2, 0.25) is 0 Å². The van der Waals surface area contributed by atoms with Gasteiger partial charge in [0.1, 0.15) is 16.4 Å². The fraction of sp³-hybridized carbons (Fsp3) is 0.333. The number of hydrogen-bond acceptors (Lipinski definition) is 6. The van der Waals surface area contributed by atoms with Crippen LogP contribution in [-0.2, 0) is 11.2 Å². The molecule has 2 amide bonds. The number of rotatable bonds is 7. The van der Waals surface area contributed by atoms with Crippen molar-refractivity contribution in [3.63, 3.8) is 0 Å². The highest BCUT2D eigenvalue weighted by atomic mass is 32.1. The van der Waals surface area contributed by atoms with Gasteiger partial charge in [-0.2, -0.15) is 0 Å². The third-order valence-electron chi connectivity index (χ3n) is 4.40. The lowest BCUT2D eigenvalue weighted by molar-refractivity contribution is -0.122. The molecule has 7 nitrogen and oxygen atoms in total. The number of fused-ring (bicyclic) bond motifs is 1. The molecule has 2 heterocycles. The Balaban J connectivity index is 1.72. The van der Waals surface area contributed by atoms with Crippen molar-refractivity contribution < 1.29 is 14.3 Å². The lowest BCUT2D eigenvalue weighted by Crippen LogP contribution is -2.28. The SMILES string of the molecule is CCNC(=O)COc1ccc(NC(=O)c2sc3nc(CC)nc(C)c3c2C)cc1. The largest absolute Gasteiger partial charge is 0.484 e. The summed E-state index contributed by atoms with van der Waals surface area (Å²) in [5, 5.41) is 6.53. The number of carbonyl (C=O) groups excluding carboxylic acids is 2. The molecule has 0 unspecified atom stereocenters. The van der Waals surface area contributed by atoms with Gasteiger partial charge in [0.15, 0.2) is 6.61 Å². The highest BCUT2D eigenvalue weighted by Gasteiger charge is 2.19. The van der Waals surface area contributed by atoms with E-state index in [4.69, 9.17) is 4.74 Å². The number of likely N-dealkylation sites (N-methyl/N-ethyl adjacent to an activating group) is 1. The molecular formula is C21H24N4O3S. The summed E-state index contributed by atoms with van der Waals surface area (Å²) in [7, 11) is 0. The van der Waals surface area contributed by atoms with Gasteiger partial charge in [0, 0.05) is 29.7 Å². The number of carbonyl (C=O) groups is 2. The molecule has 0 spiro atoms. The topological polar surface area (TPSA) is 93.2 Å². The van der Waals surface area contributed by atoms with Gasteiger partial charge in [-0.1, -0.05) is 6.92 Å². The standard InChI is InChI=1S/C21H24N4O3S/c1-5-16-23-13(4)18-12(3)19(29-21(18)25-16)20(27)24-14-7-9-15(10-8-14)28-11-17(26)22-6-2/h7-10H,5-6,11H2,1-4H3,(H,22,26)(H,24,27). The molecule has 0 aliphatic carbocycles. The van der Waals surface area contributed by atoms with Crippen LogP contribution in [0.3, 0.4) is 0 Å². The van der Waals surface area contributed by atoms with Gasteiger partial charge in [-0.15, -0.1) is 11.3 Å². The van der Waals surface area contributed by atoms with Crippen LogP contribution in [-0.4, -0.2) is 34.9 Å². The predicted molar refractivity (Wildman–Crippen MR) is 115 cm³/mol. The average Bonchev–Trinajstić information content (AvgIpc) is 3.04. The van der Waals surface area contributed by atoms with E-state index >= 15 is 0 Å². The summed E-state index contributed by atoms with van der Waals surface area (Å²) in [5.74, 6) is 0.991. The second-order valence-corrected chi connectivity index (χ2v) is 7.53. The van der Waals surface area contributed by atoms with E-state index in [1.54, 1.807) is 24.3 Å². The molecule has 152 valence electrons. The first-order chi connectivity index (χ1) is 13.9. The van der Waals surface area contributed by atoms with Gasteiger partial charge in [0.05, 0.1) is 4.88 Å². The summed E-state index contributed by atoms with van der Waals surface area (Å²) in [6, 6.07) is 6.92. The minimum absolute atomic E-state index is 0.0410. The van der Waals surface area contributed by atoms with E-state index in [9.17, 15) is 9.59 Å². The summed E-state index contributed by atoms with van der Waals surface area (Å²) in [6.45, 7) is 8.26. The van der Waals surface area contributed by atoms with E-state index in [1.807, 2.05) is 27.7 Å². The first kappa shape index (κ1) is 20.7. The second kappa shape index (κ2) is 9.00. The maximum Gasteiger partial charge on any atom is 0.266 e. The number of amides is 2. The van der Waals surface area contributed by atoms with Crippen molar-refractivity contribution in [1.29, 1.82) is 0 Å². The Morgan fingerprint density at radius 2 is 1.83 bits per heavy atom. The van der Waals surface area contributed by atoms with Gasteiger partial charge in [-0.05, 0) is 50.6 Å². The van der Waals surface area contributed by atoms with E-state index in [0.717, 1.165) is 33.7 Å². The number of nitrogens with one attached hydrogen (secondary N) is 2. The van der Waals surface area contributed by atoms with Crippen molar-refractivity contribution in [2.24, 2.45) is 0 Å². The van der Waals surface area contributed by atoms with Crippen LogP contribution in [0.25, 0.3) is 10.2 Å². The van der Waals surface area contributed by atoms with Crippen molar-refractivity contribution in [3.05, 3.63) is 46.2 Å². The molecule has 3 aromatic rings. The Kier molecular flexibility index (Phi) is 6.43. The van der Waals surface area contributed by atoms with Gasteiger partial charge in [-0.3, -0.25) is 9.59 Å². The molecule has 0 saturated heterocycles. The minimum Gasteiger partial charge on any atom is -0.484 e. The van der Waals surface area contributed by atoms with Crippen LogP contribution in [0.1, 0.15) is 40.6 Å². The maximum absolute atomic E-state index is 12.8. The molecule has 2 aromatic heterocycles. The number of ether oxygens (including phenoxy) is 1. The lowest BCUT2D eigenvalue weighted by atomic mass is 10.1. The summed E-state index contributed by atoms with van der Waals surface area (Å²) in [5.41, 5.74) is 2.44. The van der Waals surface area contributed by atoms with Crippen molar-refractivity contribution in [1.82, 2.24) is 15.3 Å². The lowest BCUT2D eigenvalue weighted by Gasteiger charge is -2.08. The van der Waals surface area contributed by atoms with Crippen LogP contribution < -0.4 is 15.4 Å². The number of aryl methyl sites for hydroxylation is 3. The van der Waals surface area contributed by atoms with E-state index in [0.29, 0.717) is 22.9 Å². The quantitative estimate of drug-likeness (QED) is 0.618. The van der Waals surface area contributed by atoms with Crippen molar-refractivity contribution in [2.75, 3.05) is 18.5 Å². The Labute approximate surface area is 173 Å². The third-order valence-corrected chi connectivity index (χ3v) is 5.58. The molecular weight excluding hydrogens is 388 g/mol. The van der Waals surface area contributed by atoms with E-state index < -0.39 is 0 Å². The first-order valence-corrected chi connectivity index (χ1v) is 10.3. The Bertz CT molecular complexity index is 1040. The molecule has 1 aromatic carbocycles. The molecule has 0 radical (unpaired) electrons. The molecule has 0 atom stereocenters. The van der Waals surface area contributed by atoms with Crippen LogP contribution in [0.4, 0.5) is 5.69 Å². The first-order valence-electron chi connectivity index (χ1n) is 9.50. The fourth-order valence-corrected chi connectivity index (χ4v) is 4.14. The van der Waals surface area contributed by atoms with Crippen molar-refractivity contribution >= 4 is 39.1 Å². The van der Waals surface area contributed by atoms with Crippen LogP contribution in [0, 0.1) is 13.8 Å². The number of aromatic nitrogens is 2. The number of nitrogens with zero attached hydrogens (tertiary/aromatic N) is 2. The molecule has 0 bridgehead atoms. The average molecular weight is 413 g/mol. The second-order valence-electron chi connectivity index (χ2n) is 6.54. The number of benzene rings is 1.